The zero-order valence-corrected chi connectivity index (χ0v) is 10.6. The van der Waals surface area contributed by atoms with E-state index in [1.807, 2.05) is 0 Å². The molecule has 0 aliphatic heterocycles. The minimum Gasteiger partial charge on any atom is -0.377 e. The highest BCUT2D eigenvalue weighted by atomic mass is 35.5. The van der Waals surface area contributed by atoms with Crippen molar-refractivity contribution in [1.29, 1.82) is 0 Å². The molecule has 1 heterocycles. The Hall–Kier alpha value is -1.76. The van der Waals surface area contributed by atoms with Crippen LogP contribution in [0.5, 0.6) is 0 Å². The molecule has 0 aliphatic carbocycles. The maximum atomic E-state index is 12.8. The Morgan fingerprint density at radius 3 is 2.68 bits per heavy atom. The molecule has 1 aromatic carbocycles. The van der Waals surface area contributed by atoms with Gasteiger partial charge in [-0.3, -0.25) is 0 Å². The zero-order chi connectivity index (χ0) is 14.0. The Labute approximate surface area is 112 Å². The molecule has 8 heteroatoms. The lowest BCUT2D eigenvalue weighted by atomic mass is 10.1. The fraction of sp³-hybridized carbons (Fsp3) is 0.273. The van der Waals surface area contributed by atoms with Crippen LogP contribution in [0.25, 0.3) is 0 Å². The first-order chi connectivity index (χ1) is 8.88. The van der Waals surface area contributed by atoms with Gasteiger partial charge >= 0.3 is 6.18 Å². The molecular weight excluding hydrogens is 281 g/mol. The normalized spacial score (nSPS) is 11.6. The van der Waals surface area contributed by atoms with Gasteiger partial charge in [0.2, 0.25) is 0 Å². The Balaban J connectivity index is 2.23. The van der Waals surface area contributed by atoms with Gasteiger partial charge in [-0.15, -0.1) is 10.2 Å². The second-order valence-electron chi connectivity index (χ2n) is 3.90. The molecule has 0 radical (unpaired) electrons. The van der Waals surface area contributed by atoms with Gasteiger partial charge in [-0.05, 0) is 18.2 Å². The van der Waals surface area contributed by atoms with Crippen LogP contribution < -0.4 is 5.32 Å². The van der Waals surface area contributed by atoms with Crippen molar-refractivity contribution in [3.63, 3.8) is 0 Å². The molecule has 0 spiro atoms. The number of anilines is 1. The van der Waals surface area contributed by atoms with E-state index in [1.54, 1.807) is 11.6 Å². The molecule has 0 unspecified atom stereocenters. The molecule has 0 saturated heterocycles. The minimum absolute atomic E-state index is 0.0385. The highest BCUT2D eigenvalue weighted by Gasteiger charge is 2.33. The number of hydrogen-bond acceptors (Lipinski definition) is 3. The molecule has 0 saturated carbocycles. The van der Waals surface area contributed by atoms with Crippen LogP contribution in [-0.2, 0) is 19.8 Å². The van der Waals surface area contributed by atoms with Gasteiger partial charge in [-0.2, -0.15) is 13.2 Å². The highest BCUT2D eigenvalue weighted by molar-refractivity contribution is 6.30. The van der Waals surface area contributed by atoms with Gasteiger partial charge in [0.05, 0.1) is 12.1 Å². The number of rotatable bonds is 3. The summed E-state index contributed by atoms with van der Waals surface area (Å²) < 4.78 is 40.1. The van der Waals surface area contributed by atoms with E-state index in [4.69, 9.17) is 11.6 Å². The standard InChI is InChI=1S/C11H10ClF3N4/c1-19-6-17-18-10(19)5-16-9-3-2-7(12)4-8(9)11(13,14)15/h2-4,6,16H,5H2,1H3. The summed E-state index contributed by atoms with van der Waals surface area (Å²) in [5, 5.41) is 10.2. The summed E-state index contributed by atoms with van der Waals surface area (Å²) in [4.78, 5) is 0. The lowest BCUT2D eigenvalue weighted by Gasteiger charge is -2.14. The third kappa shape index (κ3) is 3.17. The summed E-state index contributed by atoms with van der Waals surface area (Å²) in [7, 11) is 1.71. The smallest absolute Gasteiger partial charge is 0.377 e. The number of halogens is 4. The molecule has 19 heavy (non-hydrogen) atoms. The van der Waals surface area contributed by atoms with E-state index in [0.717, 1.165) is 6.07 Å². The van der Waals surface area contributed by atoms with Crippen LogP contribution in [0, 0.1) is 0 Å². The molecule has 2 aromatic rings. The number of hydrogen-bond donors (Lipinski definition) is 1. The summed E-state index contributed by atoms with van der Waals surface area (Å²) >= 11 is 5.59. The van der Waals surface area contributed by atoms with E-state index in [1.165, 1.54) is 18.5 Å². The van der Waals surface area contributed by atoms with Crippen molar-refractivity contribution in [2.75, 3.05) is 5.32 Å². The summed E-state index contributed by atoms with van der Waals surface area (Å²) in [6.45, 7) is 0.140. The molecule has 102 valence electrons. The Morgan fingerprint density at radius 2 is 2.11 bits per heavy atom. The zero-order valence-electron chi connectivity index (χ0n) is 9.87. The van der Waals surface area contributed by atoms with Crippen LogP contribution in [0.3, 0.4) is 0 Å². The average molecular weight is 291 g/mol. The molecule has 1 aromatic heterocycles. The SMILES string of the molecule is Cn1cnnc1CNc1ccc(Cl)cc1C(F)(F)F. The number of alkyl halides is 3. The maximum absolute atomic E-state index is 12.8. The van der Waals surface area contributed by atoms with Crippen molar-refractivity contribution < 1.29 is 13.2 Å². The van der Waals surface area contributed by atoms with Gasteiger partial charge in [0.1, 0.15) is 6.33 Å². The van der Waals surface area contributed by atoms with E-state index in [0.29, 0.717) is 5.82 Å². The highest BCUT2D eigenvalue weighted by Crippen LogP contribution is 2.36. The molecule has 2 rings (SSSR count). The monoisotopic (exact) mass is 290 g/mol. The molecule has 0 bridgehead atoms. The van der Waals surface area contributed by atoms with Crippen molar-refractivity contribution in [2.24, 2.45) is 7.05 Å². The molecule has 4 nitrogen and oxygen atoms in total. The Kier molecular flexibility index (Phi) is 3.66. The number of aryl methyl sites for hydroxylation is 1. The van der Waals surface area contributed by atoms with Crippen LogP contribution in [-0.4, -0.2) is 14.8 Å². The third-order valence-corrected chi connectivity index (χ3v) is 2.76. The quantitative estimate of drug-likeness (QED) is 0.944. The van der Waals surface area contributed by atoms with Gasteiger partial charge in [0.15, 0.2) is 5.82 Å². The van der Waals surface area contributed by atoms with Gasteiger partial charge in [0, 0.05) is 17.8 Å². The van der Waals surface area contributed by atoms with E-state index < -0.39 is 11.7 Å². The number of aromatic nitrogens is 3. The van der Waals surface area contributed by atoms with Crippen molar-refractivity contribution in [3.05, 3.63) is 40.9 Å². The van der Waals surface area contributed by atoms with Crippen molar-refractivity contribution in [3.8, 4) is 0 Å². The first-order valence-corrected chi connectivity index (χ1v) is 5.69. The van der Waals surface area contributed by atoms with Crippen LogP contribution in [0.15, 0.2) is 24.5 Å². The van der Waals surface area contributed by atoms with Gasteiger partial charge in [-0.25, -0.2) is 0 Å². The minimum atomic E-state index is -4.47. The van der Waals surface area contributed by atoms with E-state index in [9.17, 15) is 13.2 Å². The molecule has 0 amide bonds. The van der Waals surface area contributed by atoms with Gasteiger partial charge in [0.25, 0.3) is 0 Å². The first-order valence-electron chi connectivity index (χ1n) is 5.31. The fourth-order valence-corrected chi connectivity index (χ4v) is 1.72. The molecular formula is C11H10ClF3N4. The van der Waals surface area contributed by atoms with Crippen LogP contribution >= 0.6 is 11.6 Å². The molecule has 0 aliphatic rings. The van der Waals surface area contributed by atoms with E-state index >= 15 is 0 Å². The molecule has 0 atom stereocenters. The molecule has 0 fully saturated rings. The van der Waals surface area contributed by atoms with Crippen molar-refractivity contribution in [2.45, 2.75) is 12.7 Å². The predicted octanol–water partition coefficient (Wildman–Crippen LogP) is 3.10. The summed E-state index contributed by atoms with van der Waals surface area (Å²) in [6, 6.07) is 3.58. The number of nitrogens with one attached hydrogen (secondary N) is 1. The lowest BCUT2D eigenvalue weighted by Crippen LogP contribution is -2.12. The summed E-state index contributed by atoms with van der Waals surface area (Å²) in [5.41, 5.74) is -0.845. The van der Waals surface area contributed by atoms with Crippen molar-refractivity contribution in [1.82, 2.24) is 14.8 Å². The van der Waals surface area contributed by atoms with Crippen LogP contribution in [0.1, 0.15) is 11.4 Å². The Morgan fingerprint density at radius 1 is 1.37 bits per heavy atom. The maximum Gasteiger partial charge on any atom is 0.418 e. The van der Waals surface area contributed by atoms with Gasteiger partial charge in [-0.1, -0.05) is 11.6 Å². The second-order valence-corrected chi connectivity index (χ2v) is 4.34. The van der Waals surface area contributed by atoms with Gasteiger partial charge < -0.3 is 9.88 Å². The number of nitrogens with zero attached hydrogens (tertiary/aromatic N) is 3. The third-order valence-electron chi connectivity index (χ3n) is 2.53. The summed E-state index contributed by atoms with van der Waals surface area (Å²) in [6.07, 6.45) is -2.99. The van der Waals surface area contributed by atoms with Crippen molar-refractivity contribution >= 4 is 17.3 Å². The summed E-state index contributed by atoms with van der Waals surface area (Å²) in [5.74, 6) is 0.531. The van der Waals surface area contributed by atoms with Crippen LogP contribution in [0.4, 0.5) is 18.9 Å². The van der Waals surface area contributed by atoms with Crippen LogP contribution in [0.2, 0.25) is 5.02 Å². The van der Waals surface area contributed by atoms with E-state index in [2.05, 4.69) is 15.5 Å². The Bertz CT molecular complexity index is 580. The van der Waals surface area contributed by atoms with E-state index in [-0.39, 0.29) is 17.3 Å². The predicted molar refractivity (Wildman–Crippen MR) is 64.8 cm³/mol. The average Bonchev–Trinajstić information content (AvgIpc) is 2.72. The second kappa shape index (κ2) is 5.08. The largest absolute Gasteiger partial charge is 0.418 e. The first kappa shape index (κ1) is 13.7. The number of benzene rings is 1. The lowest BCUT2D eigenvalue weighted by molar-refractivity contribution is -0.136. The molecule has 1 N–H and O–H groups in total. The topological polar surface area (TPSA) is 42.7 Å². The fourth-order valence-electron chi connectivity index (χ4n) is 1.55.